The van der Waals surface area contributed by atoms with Crippen LogP contribution in [-0.2, 0) is 6.54 Å². The lowest BCUT2D eigenvalue weighted by atomic mass is 9.98. The van der Waals surface area contributed by atoms with Crippen molar-refractivity contribution in [2.45, 2.75) is 60.4 Å². The van der Waals surface area contributed by atoms with Crippen molar-refractivity contribution < 1.29 is 9.47 Å². The molecular weight excluding hydrogens is 524 g/mol. The predicted molar refractivity (Wildman–Crippen MR) is 153 cm³/mol. The Hall–Kier alpha value is -2.11. The van der Waals surface area contributed by atoms with Crippen molar-refractivity contribution in [1.82, 2.24) is 4.90 Å². The van der Waals surface area contributed by atoms with E-state index in [2.05, 4.69) is 79.7 Å². The van der Waals surface area contributed by atoms with Crippen LogP contribution in [0.2, 0.25) is 0 Å². The van der Waals surface area contributed by atoms with Crippen LogP contribution in [0.4, 0.5) is 0 Å². The lowest BCUT2D eigenvalue weighted by Gasteiger charge is -2.31. The molecule has 6 heteroatoms. The number of halogens is 2. The maximum Gasteiger partial charge on any atom is 0.127 e. The number of unbranched alkanes of at least 4 members (excludes halogenated alkanes) is 2. The Morgan fingerprint density at radius 2 is 1.80 bits per heavy atom. The molecule has 0 heterocycles. The van der Waals surface area contributed by atoms with Crippen LogP contribution >= 0.6 is 27.5 Å². The minimum absolute atomic E-state index is 0.295. The molecule has 0 atom stereocenters. The van der Waals surface area contributed by atoms with Crippen LogP contribution in [0.1, 0.15) is 63.6 Å². The summed E-state index contributed by atoms with van der Waals surface area (Å²) < 4.78 is 12.2. The number of nitrogens with two attached hydrogens (primary N) is 1. The second-order valence-electron chi connectivity index (χ2n) is 9.18. The third-order valence-electron chi connectivity index (χ3n) is 6.35. The smallest absolute Gasteiger partial charge is 0.127 e. The second-order valence-corrected chi connectivity index (χ2v) is 10.5. The van der Waals surface area contributed by atoms with Gasteiger partial charge in [-0.2, -0.15) is 0 Å². The summed E-state index contributed by atoms with van der Waals surface area (Å²) in [5.74, 6) is 1.85. The summed E-state index contributed by atoms with van der Waals surface area (Å²) in [6.45, 7) is 12.1. The fourth-order valence-electron chi connectivity index (χ4n) is 3.96. The monoisotopic (exact) mass is 562 g/mol. The maximum absolute atomic E-state index is 6.93. The van der Waals surface area contributed by atoms with E-state index in [9.17, 15) is 0 Å². The summed E-state index contributed by atoms with van der Waals surface area (Å²) >= 11 is 10.5. The molecule has 0 spiro atoms. The van der Waals surface area contributed by atoms with E-state index in [1.807, 2.05) is 12.1 Å². The van der Waals surface area contributed by atoms with Gasteiger partial charge in [0.2, 0.25) is 0 Å². The minimum atomic E-state index is 0.295. The number of rotatable bonds is 12. The molecule has 192 valence electrons. The van der Waals surface area contributed by atoms with E-state index in [1.165, 1.54) is 0 Å². The SMILES string of the molecule is CCCCCN(Cc1ccc(OC)cc1OC)/C(=C(N)/C(Cl)=C(\C)C(C)C)c1ccc(Br)cc1C. The Morgan fingerprint density at radius 3 is 2.37 bits per heavy atom. The summed E-state index contributed by atoms with van der Waals surface area (Å²) in [5, 5.41) is 0.625. The van der Waals surface area contributed by atoms with Gasteiger partial charge in [0.1, 0.15) is 11.5 Å². The molecule has 2 aromatic carbocycles. The topological polar surface area (TPSA) is 47.7 Å². The van der Waals surface area contributed by atoms with Crippen LogP contribution in [0.3, 0.4) is 0 Å². The summed E-state index contributed by atoms with van der Waals surface area (Å²) in [7, 11) is 3.35. The first-order valence-corrected chi connectivity index (χ1v) is 13.4. The van der Waals surface area contributed by atoms with Gasteiger partial charge < -0.3 is 20.1 Å². The lowest BCUT2D eigenvalue weighted by molar-refractivity contribution is 0.354. The average molecular weight is 564 g/mol. The molecule has 4 nitrogen and oxygen atoms in total. The van der Waals surface area contributed by atoms with Gasteiger partial charge in [0.05, 0.1) is 30.6 Å². The van der Waals surface area contributed by atoms with Crippen LogP contribution in [0.5, 0.6) is 11.5 Å². The zero-order chi connectivity index (χ0) is 26.1. The molecule has 0 fully saturated rings. The van der Waals surface area contributed by atoms with Crippen molar-refractivity contribution in [3.05, 3.63) is 73.9 Å². The molecule has 0 aromatic heterocycles. The lowest BCUT2D eigenvalue weighted by Crippen LogP contribution is -2.27. The Balaban J connectivity index is 2.74. The highest BCUT2D eigenvalue weighted by Gasteiger charge is 2.22. The number of hydrogen-bond donors (Lipinski definition) is 1. The van der Waals surface area contributed by atoms with Crippen LogP contribution in [0.25, 0.3) is 5.70 Å². The number of benzene rings is 2. The van der Waals surface area contributed by atoms with E-state index < -0.39 is 0 Å². The Labute approximate surface area is 225 Å². The second kappa shape index (κ2) is 13.8. The predicted octanol–water partition coefficient (Wildman–Crippen LogP) is 8.26. The first-order valence-electron chi connectivity index (χ1n) is 12.2. The molecule has 0 bridgehead atoms. The van der Waals surface area contributed by atoms with Gasteiger partial charge in [0.25, 0.3) is 0 Å². The van der Waals surface area contributed by atoms with Gasteiger partial charge in [-0.1, -0.05) is 67.2 Å². The molecule has 0 aliphatic rings. The molecule has 0 aliphatic heterocycles. The van der Waals surface area contributed by atoms with Crippen molar-refractivity contribution in [1.29, 1.82) is 0 Å². The Morgan fingerprint density at radius 1 is 1.09 bits per heavy atom. The fraction of sp³-hybridized carbons (Fsp3) is 0.448. The third kappa shape index (κ3) is 7.68. The summed E-state index contributed by atoms with van der Waals surface area (Å²) in [6.07, 6.45) is 3.32. The van der Waals surface area contributed by atoms with Gasteiger partial charge in [-0.15, -0.1) is 0 Å². The number of nitrogens with zero attached hydrogens (tertiary/aromatic N) is 1. The average Bonchev–Trinajstić information content (AvgIpc) is 2.84. The minimum Gasteiger partial charge on any atom is -0.497 e. The summed E-state index contributed by atoms with van der Waals surface area (Å²) in [5.41, 5.74) is 12.8. The molecule has 0 radical (unpaired) electrons. The van der Waals surface area contributed by atoms with E-state index in [0.717, 1.165) is 69.7 Å². The van der Waals surface area contributed by atoms with Gasteiger partial charge >= 0.3 is 0 Å². The van der Waals surface area contributed by atoms with Crippen LogP contribution < -0.4 is 15.2 Å². The zero-order valence-electron chi connectivity index (χ0n) is 22.2. The Bertz CT molecular complexity index is 1060. The molecule has 2 N–H and O–H groups in total. The molecule has 0 aliphatic carbocycles. The van der Waals surface area contributed by atoms with Crippen molar-refractivity contribution >= 4 is 33.2 Å². The standard InChI is InChI=1S/C29H40BrClN2O2/c1-8-9-10-15-33(18-22-11-13-24(34-6)17-26(22)35-7)29(25-14-12-23(30)16-20(25)4)28(32)27(31)21(5)19(2)3/h11-14,16-17,19H,8-10,15,18,32H2,1-7H3/b27-21-,29-28-. The number of allylic oxidation sites excluding steroid dienone is 2. The molecule has 35 heavy (non-hydrogen) atoms. The van der Waals surface area contributed by atoms with Gasteiger partial charge in [0.15, 0.2) is 0 Å². The number of methoxy groups -OCH3 is 2. The summed E-state index contributed by atoms with van der Waals surface area (Å²) in [4.78, 5) is 2.35. The van der Waals surface area contributed by atoms with Crippen molar-refractivity contribution in [2.24, 2.45) is 11.7 Å². The summed E-state index contributed by atoms with van der Waals surface area (Å²) in [6, 6.07) is 12.2. The van der Waals surface area contributed by atoms with Crippen molar-refractivity contribution in [3.63, 3.8) is 0 Å². The first-order chi connectivity index (χ1) is 16.6. The highest BCUT2D eigenvalue weighted by molar-refractivity contribution is 9.10. The molecule has 0 saturated heterocycles. The van der Waals surface area contributed by atoms with Crippen molar-refractivity contribution in [2.75, 3.05) is 20.8 Å². The normalized spacial score (nSPS) is 12.9. The van der Waals surface area contributed by atoms with Crippen LogP contribution in [0, 0.1) is 12.8 Å². The van der Waals surface area contributed by atoms with Gasteiger partial charge in [-0.3, -0.25) is 0 Å². The van der Waals surface area contributed by atoms with Gasteiger partial charge in [-0.05, 0) is 61.6 Å². The largest absolute Gasteiger partial charge is 0.497 e. The zero-order valence-corrected chi connectivity index (χ0v) is 24.5. The van der Waals surface area contributed by atoms with E-state index in [-0.39, 0.29) is 0 Å². The number of aryl methyl sites for hydroxylation is 1. The molecule has 0 saturated carbocycles. The van der Waals surface area contributed by atoms with E-state index in [1.54, 1.807) is 14.2 Å². The van der Waals surface area contributed by atoms with E-state index >= 15 is 0 Å². The van der Waals surface area contributed by atoms with Gasteiger partial charge in [-0.25, -0.2) is 0 Å². The molecule has 0 amide bonds. The molecular formula is C29H40BrClN2O2. The molecule has 2 aromatic rings. The van der Waals surface area contributed by atoms with Crippen LogP contribution in [-0.4, -0.2) is 25.7 Å². The highest BCUT2D eigenvalue weighted by Crippen LogP contribution is 2.35. The fourth-order valence-corrected chi connectivity index (χ4v) is 4.74. The third-order valence-corrected chi connectivity index (χ3v) is 7.35. The molecule has 2 rings (SSSR count). The van der Waals surface area contributed by atoms with Crippen molar-refractivity contribution in [3.8, 4) is 11.5 Å². The van der Waals surface area contributed by atoms with Gasteiger partial charge in [0, 0.05) is 34.8 Å². The first kappa shape index (κ1) is 29.1. The van der Waals surface area contributed by atoms with Crippen LogP contribution in [0.15, 0.2) is 57.2 Å². The quantitative estimate of drug-likeness (QED) is 0.209. The number of hydrogen-bond acceptors (Lipinski definition) is 4. The maximum atomic E-state index is 6.93. The highest BCUT2D eigenvalue weighted by atomic mass is 79.9. The van der Waals surface area contributed by atoms with E-state index in [4.69, 9.17) is 26.8 Å². The Kier molecular flexibility index (Phi) is 11.5. The number of ether oxygens (including phenoxy) is 2. The molecule has 0 unspecified atom stereocenters. The van der Waals surface area contributed by atoms with E-state index in [0.29, 0.717) is 23.2 Å².